The van der Waals surface area contributed by atoms with Crippen LogP contribution in [0.1, 0.15) is 0 Å². The molecule has 0 saturated heterocycles. The van der Waals surface area contributed by atoms with Gasteiger partial charge in [-0.15, -0.1) is 5.53 Å². The lowest BCUT2D eigenvalue weighted by Crippen LogP contribution is -1.96. The van der Waals surface area contributed by atoms with E-state index in [2.05, 4.69) is 15.1 Å². The monoisotopic (exact) mass is 154 g/mol. The van der Waals surface area contributed by atoms with Gasteiger partial charge in [-0.05, 0) is 10.1 Å². The molecule has 56 valence electrons. The van der Waals surface area contributed by atoms with Crippen molar-refractivity contribution in [3.8, 4) is 0 Å². The van der Waals surface area contributed by atoms with Crippen molar-refractivity contribution in [1.82, 2.24) is 9.66 Å². The zero-order valence-electron chi connectivity index (χ0n) is 5.15. The van der Waals surface area contributed by atoms with E-state index in [1.165, 1.54) is 12.4 Å². The summed E-state index contributed by atoms with van der Waals surface area (Å²) in [7, 11) is 0. The van der Waals surface area contributed by atoms with Crippen LogP contribution in [0.15, 0.2) is 17.6 Å². The average molecular weight is 154 g/mol. The molecule has 0 spiro atoms. The Hall–Kier alpha value is -2.08. The third-order valence-electron chi connectivity index (χ3n) is 0.902. The quantitative estimate of drug-likeness (QED) is 0.207. The highest BCUT2D eigenvalue weighted by Crippen LogP contribution is 2.05. The summed E-state index contributed by atoms with van der Waals surface area (Å²) in [5, 5.41) is 13.1. The van der Waals surface area contributed by atoms with Gasteiger partial charge in [0.05, 0.1) is 0 Å². The molecule has 1 rings (SSSR count). The number of imidazole rings is 1. The second-order valence-corrected chi connectivity index (χ2v) is 1.51. The third-order valence-corrected chi connectivity index (χ3v) is 0.902. The molecule has 0 aliphatic heterocycles. The van der Waals surface area contributed by atoms with Gasteiger partial charge in [0.2, 0.25) is 0 Å². The zero-order valence-corrected chi connectivity index (χ0v) is 5.15. The summed E-state index contributed by atoms with van der Waals surface area (Å²) in [5.74, 6) is -0.497. The van der Waals surface area contributed by atoms with Gasteiger partial charge in [-0.3, -0.25) is 0 Å². The summed E-state index contributed by atoms with van der Waals surface area (Å²) < 4.78 is 0.736. The topological polar surface area (TPSA) is 110 Å². The Balaban J connectivity index is 3.15. The van der Waals surface area contributed by atoms with Crippen molar-refractivity contribution in [1.29, 1.82) is 0 Å². The molecule has 0 saturated carbocycles. The van der Waals surface area contributed by atoms with E-state index in [-0.39, 0.29) is 0 Å². The fourth-order valence-corrected chi connectivity index (χ4v) is 0.533. The summed E-state index contributed by atoms with van der Waals surface area (Å²) >= 11 is 0. The lowest BCUT2D eigenvalue weighted by atomic mass is 11.0. The highest BCUT2D eigenvalue weighted by Gasteiger charge is 2.10. The second kappa shape index (κ2) is 2.67. The molecule has 8 nitrogen and oxygen atoms in total. The Morgan fingerprint density at radius 1 is 1.91 bits per heavy atom. The SMILES string of the molecule is [N-]=[N+]=Nn1ccnc1[N+](=O)[O-]. The summed E-state index contributed by atoms with van der Waals surface area (Å²) in [4.78, 5) is 15.1. The molecule has 1 aromatic heterocycles. The van der Waals surface area contributed by atoms with Crippen LogP contribution < -0.4 is 0 Å². The van der Waals surface area contributed by atoms with E-state index >= 15 is 0 Å². The maximum Gasteiger partial charge on any atom is 0.444 e. The molecule has 0 N–H and O–H groups in total. The van der Waals surface area contributed by atoms with E-state index < -0.39 is 10.9 Å². The fraction of sp³-hybridized carbons (Fsp3) is 0. The lowest BCUT2D eigenvalue weighted by molar-refractivity contribution is -0.396. The van der Waals surface area contributed by atoms with Gasteiger partial charge in [-0.2, -0.15) is 9.59 Å². The molecule has 0 radical (unpaired) electrons. The Morgan fingerprint density at radius 3 is 3.18 bits per heavy atom. The Labute approximate surface area is 59.8 Å². The van der Waals surface area contributed by atoms with E-state index in [1.54, 1.807) is 0 Å². The van der Waals surface area contributed by atoms with E-state index in [4.69, 9.17) is 5.53 Å². The molecule has 8 heteroatoms. The number of nitrogens with zero attached hydrogens (tertiary/aromatic N) is 6. The number of hydrogen-bond acceptors (Lipinski definition) is 4. The molecule has 1 aromatic rings. The van der Waals surface area contributed by atoms with Gasteiger partial charge < -0.3 is 10.1 Å². The van der Waals surface area contributed by atoms with Gasteiger partial charge in [0.1, 0.15) is 12.4 Å². The molecule has 0 amide bonds. The zero-order chi connectivity index (χ0) is 8.27. The van der Waals surface area contributed by atoms with Crippen LogP contribution in [0, 0.1) is 10.1 Å². The first-order valence-electron chi connectivity index (χ1n) is 2.49. The molecule has 0 unspecified atom stereocenters. The predicted molar refractivity (Wildman–Crippen MR) is 33.4 cm³/mol. The van der Waals surface area contributed by atoms with Crippen molar-refractivity contribution in [2.24, 2.45) is 5.22 Å². The van der Waals surface area contributed by atoms with Crippen molar-refractivity contribution in [2.45, 2.75) is 0 Å². The van der Waals surface area contributed by atoms with Crippen LogP contribution in [-0.2, 0) is 0 Å². The van der Waals surface area contributed by atoms with Crippen LogP contribution in [0.25, 0.3) is 10.4 Å². The molecular formula is C3H2N6O2. The van der Waals surface area contributed by atoms with Crippen LogP contribution >= 0.6 is 0 Å². The molecule has 11 heavy (non-hydrogen) atoms. The highest BCUT2D eigenvalue weighted by molar-refractivity contribution is 5.05. The molecule has 0 aliphatic carbocycles. The predicted octanol–water partition coefficient (Wildman–Crippen LogP) is 0.865. The molecule has 1 heterocycles. The Bertz CT molecular complexity index is 306. The minimum atomic E-state index is -0.741. The molecule has 0 bridgehead atoms. The minimum Gasteiger partial charge on any atom is -0.390 e. The van der Waals surface area contributed by atoms with Crippen molar-refractivity contribution in [3.05, 3.63) is 33.0 Å². The number of rotatable bonds is 2. The highest BCUT2D eigenvalue weighted by atomic mass is 16.6. The number of aromatic nitrogens is 2. The Kier molecular flexibility index (Phi) is 1.71. The van der Waals surface area contributed by atoms with E-state index in [1.807, 2.05) is 0 Å². The van der Waals surface area contributed by atoms with Crippen molar-refractivity contribution in [2.75, 3.05) is 0 Å². The van der Waals surface area contributed by atoms with E-state index in [0.717, 1.165) is 4.68 Å². The standard InChI is InChI=1S/C3H2N6O2/c4-6-7-8-2-1-5-3(8)9(10)11/h1-2H. The Morgan fingerprint density at radius 2 is 2.64 bits per heavy atom. The first-order valence-corrected chi connectivity index (χ1v) is 2.49. The van der Waals surface area contributed by atoms with E-state index in [9.17, 15) is 10.1 Å². The normalized spacial score (nSPS) is 8.73. The van der Waals surface area contributed by atoms with Crippen LogP contribution in [0.4, 0.5) is 5.95 Å². The smallest absolute Gasteiger partial charge is 0.390 e. The summed E-state index contributed by atoms with van der Waals surface area (Å²) in [5.41, 5.74) is 7.93. The largest absolute Gasteiger partial charge is 0.444 e. The van der Waals surface area contributed by atoms with Crippen molar-refractivity contribution >= 4 is 5.95 Å². The third kappa shape index (κ3) is 1.25. The molecular weight excluding hydrogens is 152 g/mol. The molecule has 0 aliphatic rings. The fourth-order valence-electron chi connectivity index (χ4n) is 0.533. The summed E-state index contributed by atoms with van der Waals surface area (Å²) in [6.07, 6.45) is 2.37. The molecule has 0 fully saturated rings. The van der Waals surface area contributed by atoms with Gasteiger partial charge in [0, 0.05) is 0 Å². The van der Waals surface area contributed by atoms with Gasteiger partial charge in [0.25, 0.3) is 0 Å². The maximum absolute atomic E-state index is 10.1. The second-order valence-electron chi connectivity index (χ2n) is 1.51. The first kappa shape index (κ1) is 7.03. The van der Waals surface area contributed by atoms with Crippen molar-refractivity contribution in [3.63, 3.8) is 0 Å². The van der Waals surface area contributed by atoms with Gasteiger partial charge in [0.15, 0.2) is 0 Å². The summed E-state index contributed by atoms with van der Waals surface area (Å²) in [6.45, 7) is 0. The average Bonchev–Trinajstić information content (AvgIpc) is 2.36. The number of nitro groups is 1. The van der Waals surface area contributed by atoms with Crippen molar-refractivity contribution < 1.29 is 4.92 Å². The van der Waals surface area contributed by atoms with Gasteiger partial charge >= 0.3 is 5.95 Å². The van der Waals surface area contributed by atoms with Gasteiger partial charge in [-0.25, -0.2) is 0 Å². The number of azide groups is 1. The van der Waals surface area contributed by atoms with Crippen LogP contribution in [0.2, 0.25) is 0 Å². The summed E-state index contributed by atoms with van der Waals surface area (Å²) in [6, 6.07) is 0. The minimum absolute atomic E-state index is 0.497. The first-order chi connectivity index (χ1) is 5.25. The van der Waals surface area contributed by atoms with E-state index in [0.29, 0.717) is 0 Å². The number of hydrogen-bond donors (Lipinski definition) is 0. The van der Waals surface area contributed by atoms with Crippen LogP contribution in [0.3, 0.4) is 0 Å². The lowest BCUT2D eigenvalue weighted by Gasteiger charge is -1.91. The van der Waals surface area contributed by atoms with Gasteiger partial charge in [-0.1, -0.05) is 4.98 Å². The molecule has 0 aromatic carbocycles. The van der Waals surface area contributed by atoms with Crippen LogP contribution in [0.5, 0.6) is 0 Å². The molecule has 0 atom stereocenters. The van der Waals surface area contributed by atoms with Crippen LogP contribution in [-0.4, -0.2) is 14.6 Å². The maximum atomic E-state index is 10.1.